The normalized spacial score (nSPS) is 10.5. The SMILES string of the molecule is CCCCCCNc1c(NC)c(=O)n(C)n(C)c1=O. The third-order valence-corrected chi connectivity index (χ3v) is 3.30. The van der Waals surface area contributed by atoms with Crippen LogP contribution >= 0.6 is 0 Å². The van der Waals surface area contributed by atoms with Gasteiger partial charge in [-0.3, -0.25) is 9.59 Å². The van der Waals surface area contributed by atoms with Crippen molar-refractivity contribution in [2.24, 2.45) is 14.1 Å². The quantitative estimate of drug-likeness (QED) is 0.727. The summed E-state index contributed by atoms with van der Waals surface area (Å²) in [6, 6.07) is 0. The van der Waals surface area contributed by atoms with Crippen LogP contribution in [0.4, 0.5) is 11.4 Å². The molecule has 0 aromatic carbocycles. The topological polar surface area (TPSA) is 68.1 Å². The van der Waals surface area contributed by atoms with Gasteiger partial charge in [0.25, 0.3) is 11.1 Å². The van der Waals surface area contributed by atoms with Crippen molar-refractivity contribution in [1.29, 1.82) is 0 Å². The molecule has 0 radical (unpaired) electrons. The lowest BCUT2D eigenvalue weighted by molar-refractivity contribution is 0.536. The van der Waals surface area contributed by atoms with E-state index in [1.165, 1.54) is 22.2 Å². The van der Waals surface area contributed by atoms with Crippen LogP contribution in [0.5, 0.6) is 0 Å². The predicted octanol–water partition coefficient (Wildman–Crippen LogP) is 1.12. The van der Waals surface area contributed by atoms with Gasteiger partial charge >= 0.3 is 0 Å². The summed E-state index contributed by atoms with van der Waals surface area (Å²) in [5, 5.41) is 5.91. The Morgan fingerprint density at radius 1 is 0.947 bits per heavy atom. The van der Waals surface area contributed by atoms with Gasteiger partial charge in [-0.15, -0.1) is 0 Å². The van der Waals surface area contributed by atoms with Crippen molar-refractivity contribution in [1.82, 2.24) is 9.36 Å². The monoisotopic (exact) mass is 268 g/mol. The average Bonchev–Trinajstić information content (AvgIpc) is 2.41. The summed E-state index contributed by atoms with van der Waals surface area (Å²) in [5.41, 5.74) is 0.299. The Morgan fingerprint density at radius 2 is 1.53 bits per heavy atom. The molecule has 0 atom stereocenters. The van der Waals surface area contributed by atoms with Gasteiger partial charge < -0.3 is 10.6 Å². The molecule has 0 bridgehead atoms. The molecule has 6 heteroatoms. The highest BCUT2D eigenvalue weighted by molar-refractivity contribution is 5.66. The second kappa shape index (κ2) is 7.01. The molecule has 1 heterocycles. The molecule has 0 unspecified atom stereocenters. The minimum absolute atomic E-state index is 0.193. The molecule has 19 heavy (non-hydrogen) atoms. The van der Waals surface area contributed by atoms with Crippen LogP contribution in [0.25, 0.3) is 0 Å². The number of hydrogen-bond acceptors (Lipinski definition) is 4. The number of anilines is 2. The van der Waals surface area contributed by atoms with Crippen molar-refractivity contribution < 1.29 is 0 Å². The maximum Gasteiger partial charge on any atom is 0.290 e. The van der Waals surface area contributed by atoms with E-state index in [0.29, 0.717) is 17.9 Å². The van der Waals surface area contributed by atoms with Gasteiger partial charge in [-0.1, -0.05) is 26.2 Å². The lowest BCUT2D eigenvalue weighted by atomic mass is 10.2. The largest absolute Gasteiger partial charge is 0.382 e. The van der Waals surface area contributed by atoms with E-state index in [4.69, 9.17) is 0 Å². The Morgan fingerprint density at radius 3 is 2.05 bits per heavy atom. The zero-order chi connectivity index (χ0) is 14.4. The molecule has 0 amide bonds. The van der Waals surface area contributed by atoms with Crippen molar-refractivity contribution >= 4 is 11.4 Å². The summed E-state index contributed by atoms with van der Waals surface area (Å²) in [6.07, 6.45) is 4.49. The van der Waals surface area contributed by atoms with Gasteiger partial charge in [0.2, 0.25) is 0 Å². The predicted molar refractivity (Wildman–Crippen MR) is 79.1 cm³/mol. The molecule has 0 aliphatic heterocycles. The van der Waals surface area contributed by atoms with E-state index in [-0.39, 0.29) is 11.1 Å². The zero-order valence-corrected chi connectivity index (χ0v) is 12.2. The second-order valence-corrected chi connectivity index (χ2v) is 4.64. The first-order chi connectivity index (χ1) is 9.04. The van der Waals surface area contributed by atoms with E-state index < -0.39 is 0 Å². The van der Waals surface area contributed by atoms with Gasteiger partial charge in [0.1, 0.15) is 11.4 Å². The fourth-order valence-corrected chi connectivity index (χ4v) is 1.97. The van der Waals surface area contributed by atoms with Crippen molar-refractivity contribution in [3.63, 3.8) is 0 Å². The first kappa shape index (κ1) is 15.3. The maximum atomic E-state index is 12.1. The van der Waals surface area contributed by atoms with Gasteiger partial charge in [-0.2, -0.15) is 0 Å². The van der Waals surface area contributed by atoms with Crippen molar-refractivity contribution in [3.8, 4) is 0 Å². The van der Waals surface area contributed by atoms with E-state index in [9.17, 15) is 9.59 Å². The van der Waals surface area contributed by atoms with Crippen LogP contribution in [0.15, 0.2) is 9.59 Å². The molecular weight excluding hydrogens is 244 g/mol. The van der Waals surface area contributed by atoms with Crippen molar-refractivity contribution in [2.75, 3.05) is 24.2 Å². The molecule has 0 saturated carbocycles. The van der Waals surface area contributed by atoms with Gasteiger partial charge in [0.05, 0.1) is 0 Å². The molecule has 108 valence electrons. The molecule has 0 fully saturated rings. The molecule has 0 aliphatic carbocycles. The van der Waals surface area contributed by atoms with Gasteiger partial charge in [-0.25, -0.2) is 9.36 Å². The highest BCUT2D eigenvalue weighted by Crippen LogP contribution is 2.10. The van der Waals surface area contributed by atoms with Gasteiger partial charge in [-0.05, 0) is 6.42 Å². The molecular formula is C13H24N4O2. The first-order valence-electron chi connectivity index (χ1n) is 6.76. The Balaban J connectivity index is 2.94. The number of nitrogens with zero attached hydrogens (tertiary/aromatic N) is 2. The minimum atomic E-state index is -0.208. The minimum Gasteiger partial charge on any atom is -0.382 e. The number of nitrogens with one attached hydrogen (secondary N) is 2. The highest BCUT2D eigenvalue weighted by Gasteiger charge is 2.14. The smallest absolute Gasteiger partial charge is 0.290 e. The molecule has 0 spiro atoms. The van der Waals surface area contributed by atoms with Crippen molar-refractivity contribution in [2.45, 2.75) is 32.6 Å². The average molecular weight is 268 g/mol. The lowest BCUT2D eigenvalue weighted by Crippen LogP contribution is -2.38. The van der Waals surface area contributed by atoms with Gasteiger partial charge in [0, 0.05) is 27.7 Å². The van der Waals surface area contributed by atoms with Crippen LogP contribution < -0.4 is 21.8 Å². The molecule has 1 rings (SSSR count). The molecule has 0 saturated heterocycles. The molecule has 6 nitrogen and oxygen atoms in total. The van der Waals surface area contributed by atoms with Crippen LogP contribution in [0.2, 0.25) is 0 Å². The van der Waals surface area contributed by atoms with Crippen LogP contribution in [0.3, 0.4) is 0 Å². The van der Waals surface area contributed by atoms with Crippen LogP contribution in [-0.4, -0.2) is 23.0 Å². The summed E-state index contributed by atoms with van der Waals surface area (Å²) in [4.78, 5) is 24.2. The maximum absolute atomic E-state index is 12.1. The number of unbranched alkanes of at least 4 members (excludes halogenated alkanes) is 3. The highest BCUT2D eigenvalue weighted by atomic mass is 16.2. The molecule has 1 aromatic heterocycles. The second-order valence-electron chi connectivity index (χ2n) is 4.64. The summed E-state index contributed by atoms with van der Waals surface area (Å²) >= 11 is 0. The Labute approximate surface area is 113 Å². The van der Waals surface area contributed by atoms with E-state index in [1.54, 1.807) is 21.1 Å². The number of rotatable bonds is 7. The molecule has 2 N–H and O–H groups in total. The summed E-state index contributed by atoms with van der Waals surface area (Å²) in [7, 11) is 4.82. The standard InChI is InChI=1S/C13H24N4O2/c1-5-6-7-8-9-15-11-10(14-2)12(18)16(3)17(4)13(11)19/h14-15H,5-9H2,1-4H3. The Hall–Kier alpha value is -1.72. The van der Waals surface area contributed by atoms with Crippen LogP contribution in [0, 0.1) is 0 Å². The van der Waals surface area contributed by atoms with E-state index in [0.717, 1.165) is 12.8 Å². The van der Waals surface area contributed by atoms with E-state index in [1.807, 2.05) is 0 Å². The zero-order valence-electron chi connectivity index (χ0n) is 12.2. The Bertz CT molecular complexity index is 531. The summed E-state index contributed by atoms with van der Waals surface area (Å²) in [6.45, 7) is 2.86. The third-order valence-electron chi connectivity index (χ3n) is 3.30. The van der Waals surface area contributed by atoms with Gasteiger partial charge in [0.15, 0.2) is 0 Å². The molecule has 1 aromatic rings. The lowest BCUT2D eigenvalue weighted by Gasteiger charge is -2.14. The van der Waals surface area contributed by atoms with E-state index in [2.05, 4.69) is 17.6 Å². The fourth-order valence-electron chi connectivity index (χ4n) is 1.97. The summed E-state index contributed by atoms with van der Waals surface area (Å²) < 4.78 is 2.62. The van der Waals surface area contributed by atoms with Crippen LogP contribution in [0.1, 0.15) is 32.6 Å². The molecule has 0 aliphatic rings. The number of aromatic nitrogens is 2. The van der Waals surface area contributed by atoms with Crippen LogP contribution in [-0.2, 0) is 14.1 Å². The fraction of sp³-hybridized carbons (Fsp3) is 0.692. The number of hydrogen-bond donors (Lipinski definition) is 2. The van der Waals surface area contributed by atoms with Crippen molar-refractivity contribution in [3.05, 3.63) is 20.7 Å². The third kappa shape index (κ3) is 3.39. The van der Waals surface area contributed by atoms with E-state index >= 15 is 0 Å². The Kier molecular flexibility index (Phi) is 5.66. The summed E-state index contributed by atoms with van der Waals surface area (Å²) in [5.74, 6) is 0. The first-order valence-corrected chi connectivity index (χ1v) is 6.76.